The first-order valence-corrected chi connectivity index (χ1v) is 9.36. The predicted octanol–water partition coefficient (Wildman–Crippen LogP) is 4.20. The lowest BCUT2D eigenvalue weighted by Crippen LogP contribution is -2.22. The molecule has 0 saturated carbocycles. The Labute approximate surface area is 133 Å². The van der Waals surface area contributed by atoms with Crippen LogP contribution in [0.5, 0.6) is 0 Å². The van der Waals surface area contributed by atoms with Crippen molar-refractivity contribution in [3.8, 4) is 0 Å². The van der Waals surface area contributed by atoms with Gasteiger partial charge in [0.05, 0.1) is 5.25 Å². The van der Waals surface area contributed by atoms with Gasteiger partial charge in [0.2, 0.25) is 0 Å². The van der Waals surface area contributed by atoms with E-state index in [1.165, 1.54) is 5.56 Å². The maximum Gasteiger partial charge on any atom is 0.175 e. The molecule has 2 unspecified atom stereocenters. The summed E-state index contributed by atoms with van der Waals surface area (Å²) in [7, 11) is 0. The lowest BCUT2D eigenvalue weighted by molar-refractivity contribution is 0.720. The second-order valence-corrected chi connectivity index (χ2v) is 8.33. The first-order valence-electron chi connectivity index (χ1n) is 5.65. The molecule has 0 bridgehead atoms. The van der Waals surface area contributed by atoms with E-state index in [1.807, 2.05) is 25.3 Å². The number of aromatic nitrogens is 2. The Morgan fingerprint density at radius 3 is 2.63 bits per heavy atom. The number of hydrogen-bond donors (Lipinski definition) is 1. The quantitative estimate of drug-likeness (QED) is 0.793. The molecule has 1 aromatic heterocycles. The van der Waals surface area contributed by atoms with Gasteiger partial charge in [-0.3, -0.25) is 0 Å². The summed E-state index contributed by atoms with van der Waals surface area (Å²) in [6, 6.07) is 8.30. The maximum absolute atomic E-state index is 6.12. The standard InChI is InChI=1S/C12H14BrN3S3/c1-7(14)10(8-4-3-5-9(13)6-8)18-12-16-15-11(17-2)19-12/h3-7,10H,14H2,1-2H3. The zero-order chi connectivity index (χ0) is 13.8. The minimum Gasteiger partial charge on any atom is -0.327 e. The molecule has 1 aromatic carbocycles. The van der Waals surface area contributed by atoms with Gasteiger partial charge in [0.1, 0.15) is 0 Å². The van der Waals surface area contributed by atoms with Crippen LogP contribution >= 0.6 is 50.8 Å². The lowest BCUT2D eigenvalue weighted by atomic mass is 10.1. The number of halogens is 1. The molecule has 2 atom stereocenters. The molecule has 0 aliphatic heterocycles. The highest BCUT2D eigenvalue weighted by molar-refractivity contribution is 9.10. The van der Waals surface area contributed by atoms with Crippen molar-refractivity contribution in [2.45, 2.75) is 26.9 Å². The van der Waals surface area contributed by atoms with E-state index in [1.54, 1.807) is 34.9 Å². The molecule has 1 heterocycles. The summed E-state index contributed by atoms with van der Waals surface area (Å²) in [5.74, 6) is 0. The van der Waals surface area contributed by atoms with E-state index >= 15 is 0 Å². The molecule has 0 saturated heterocycles. The number of benzene rings is 1. The Balaban J connectivity index is 2.21. The van der Waals surface area contributed by atoms with Crippen molar-refractivity contribution in [2.24, 2.45) is 5.73 Å². The molecule has 0 radical (unpaired) electrons. The minimum atomic E-state index is 0.0425. The average Bonchev–Trinajstić information content (AvgIpc) is 2.83. The van der Waals surface area contributed by atoms with Gasteiger partial charge in [-0.2, -0.15) is 0 Å². The zero-order valence-corrected chi connectivity index (χ0v) is 14.6. The van der Waals surface area contributed by atoms with Crippen LogP contribution < -0.4 is 5.73 Å². The Morgan fingerprint density at radius 2 is 2.05 bits per heavy atom. The molecule has 102 valence electrons. The van der Waals surface area contributed by atoms with Gasteiger partial charge in [-0.05, 0) is 30.9 Å². The molecule has 7 heteroatoms. The monoisotopic (exact) mass is 375 g/mol. The summed E-state index contributed by atoms with van der Waals surface area (Å²) in [6.07, 6.45) is 2.01. The van der Waals surface area contributed by atoms with Crippen LogP contribution in [0.3, 0.4) is 0 Å². The molecule has 2 N–H and O–H groups in total. The van der Waals surface area contributed by atoms with Crippen molar-refractivity contribution in [2.75, 3.05) is 6.26 Å². The van der Waals surface area contributed by atoms with Gasteiger partial charge in [0.25, 0.3) is 0 Å². The van der Waals surface area contributed by atoms with Crippen molar-refractivity contribution in [3.63, 3.8) is 0 Å². The summed E-state index contributed by atoms with van der Waals surface area (Å²) in [5, 5.41) is 8.50. The lowest BCUT2D eigenvalue weighted by Gasteiger charge is -2.19. The Bertz CT molecular complexity index is 545. The van der Waals surface area contributed by atoms with Crippen molar-refractivity contribution < 1.29 is 0 Å². The van der Waals surface area contributed by atoms with Crippen molar-refractivity contribution in [1.82, 2.24) is 10.2 Å². The molecule has 3 nitrogen and oxygen atoms in total. The Kier molecular flexibility index (Phi) is 5.70. The first-order chi connectivity index (χ1) is 9.10. The van der Waals surface area contributed by atoms with Gasteiger partial charge < -0.3 is 5.73 Å². The second kappa shape index (κ2) is 7.08. The van der Waals surface area contributed by atoms with E-state index in [4.69, 9.17) is 5.73 Å². The smallest absolute Gasteiger partial charge is 0.175 e. The van der Waals surface area contributed by atoms with Gasteiger partial charge in [0, 0.05) is 10.5 Å². The topological polar surface area (TPSA) is 51.8 Å². The second-order valence-electron chi connectivity index (χ2n) is 3.99. The fourth-order valence-electron chi connectivity index (χ4n) is 1.60. The van der Waals surface area contributed by atoms with Gasteiger partial charge >= 0.3 is 0 Å². The van der Waals surface area contributed by atoms with Crippen molar-refractivity contribution in [3.05, 3.63) is 34.3 Å². The summed E-state index contributed by atoms with van der Waals surface area (Å²) < 4.78 is 3.02. The van der Waals surface area contributed by atoms with E-state index in [2.05, 4.69) is 38.3 Å². The molecular formula is C12H14BrN3S3. The molecule has 0 aliphatic rings. The van der Waals surface area contributed by atoms with Crippen LogP contribution in [0.25, 0.3) is 0 Å². The summed E-state index contributed by atoms with van der Waals surface area (Å²) in [6.45, 7) is 2.02. The van der Waals surface area contributed by atoms with E-state index in [9.17, 15) is 0 Å². The van der Waals surface area contributed by atoms with Crippen LogP contribution in [0.4, 0.5) is 0 Å². The molecule has 0 spiro atoms. The summed E-state index contributed by atoms with van der Waals surface area (Å²) in [5.41, 5.74) is 7.32. The molecule has 2 aromatic rings. The first kappa shape index (κ1) is 15.3. The molecule has 0 aliphatic carbocycles. The third-order valence-electron chi connectivity index (χ3n) is 2.45. The van der Waals surface area contributed by atoms with Crippen LogP contribution in [-0.4, -0.2) is 22.5 Å². The highest BCUT2D eigenvalue weighted by Gasteiger charge is 2.20. The number of thioether (sulfide) groups is 2. The average molecular weight is 376 g/mol. The van der Waals surface area contributed by atoms with Crippen LogP contribution in [0.2, 0.25) is 0 Å². The highest BCUT2D eigenvalue weighted by atomic mass is 79.9. The van der Waals surface area contributed by atoms with Crippen LogP contribution in [-0.2, 0) is 0 Å². The fourth-order valence-corrected chi connectivity index (χ4v) is 4.72. The van der Waals surface area contributed by atoms with Crippen molar-refractivity contribution in [1.29, 1.82) is 0 Å². The van der Waals surface area contributed by atoms with Gasteiger partial charge in [-0.15, -0.1) is 10.2 Å². The van der Waals surface area contributed by atoms with E-state index in [-0.39, 0.29) is 11.3 Å². The molecular weight excluding hydrogens is 362 g/mol. The molecule has 19 heavy (non-hydrogen) atoms. The molecule has 0 amide bonds. The third-order valence-corrected chi connectivity index (χ3v) is 6.41. The normalized spacial score (nSPS) is 14.3. The molecule has 0 fully saturated rings. The number of hydrogen-bond acceptors (Lipinski definition) is 6. The Hall–Kier alpha value is -0.0800. The predicted molar refractivity (Wildman–Crippen MR) is 88.1 cm³/mol. The SMILES string of the molecule is CSc1nnc(SC(c2cccc(Br)c2)C(C)N)s1. The van der Waals surface area contributed by atoms with E-state index in [0.717, 1.165) is 13.2 Å². The number of rotatable bonds is 5. The van der Waals surface area contributed by atoms with Crippen LogP contribution in [0.15, 0.2) is 37.4 Å². The van der Waals surface area contributed by atoms with Gasteiger partial charge in [0.15, 0.2) is 8.68 Å². The Morgan fingerprint density at radius 1 is 1.32 bits per heavy atom. The van der Waals surface area contributed by atoms with Crippen molar-refractivity contribution >= 4 is 50.8 Å². The summed E-state index contributed by atoms with van der Waals surface area (Å²) in [4.78, 5) is 0. The fraction of sp³-hybridized carbons (Fsp3) is 0.333. The van der Waals surface area contributed by atoms with Gasteiger partial charge in [-0.1, -0.05) is 62.9 Å². The molecule has 2 rings (SSSR count). The van der Waals surface area contributed by atoms with E-state index < -0.39 is 0 Å². The van der Waals surface area contributed by atoms with Crippen LogP contribution in [0, 0.1) is 0 Å². The largest absolute Gasteiger partial charge is 0.327 e. The number of nitrogens with zero attached hydrogens (tertiary/aromatic N) is 2. The third kappa shape index (κ3) is 4.19. The highest BCUT2D eigenvalue weighted by Crippen LogP contribution is 2.40. The van der Waals surface area contributed by atoms with E-state index in [0.29, 0.717) is 0 Å². The maximum atomic E-state index is 6.12. The van der Waals surface area contributed by atoms with Gasteiger partial charge in [-0.25, -0.2) is 0 Å². The number of nitrogens with two attached hydrogens (primary N) is 1. The minimum absolute atomic E-state index is 0.0425. The van der Waals surface area contributed by atoms with Crippen LogP contribution in [0.1, 0.15) is 17.7 Å². The zero-order valence-electron chi connectivity index (χ0n) is 10.5. The summed E-state index contributed by atoms with van der Waals surface area (Å²) >= 11 is 8.41.